The Kier molecular flexibility index (Phi) is 5.41. The number of nitrogens with zero attached hydrogens (tertiary/aromatic N) is 1. The van der Waals surface area contributed by atoms with Gasteiger partial charge in [0.15, 0.2) is 6.10 Å². The minimum absolute atomic E-state index is 0.0854. The number of hydrogen-bond acceptors (Lipinski definition) is 4. The predicted octanol–water partition coefficient (Wildman–Crippen LogP) is 4.27. The van der Waals surface area contributed by atoms with Crippen LogP contribution in [0.25, 0.3) is 0 Å². The van der Waals surface area contributed by atoms with Crippen LogP contribution in [-0.4, -0.2) is 16.9 Å². The average Bonchev–Trinajstić information content (AvgIpc) is 2.52. The van der Waals surface area contributed by atoms with Crippen LogP contribution in [0.15, 0.2) is 36.4 Å². The maximum atomic E-state index is 12.3. The van der Waals surface area contributed by atoms with E-state index in [9.17, 15) is 14.9 Å². The van der Waals surface area contributed by atoms with Crippen molar-refractivity contribution >= 4 is 28.9 Å². The summed E-state index contributed by atoms with van der Waals surface area (Å²) in [6.07, 6.45) is -0.774. The molecule has 126 valence electrons. The van der Waals surface area contributed by atoms with Crippen molar-refractivity contribution in [3.63, 3.8) is 0 Å². The molecule has 0 unspecified atom stereocenters. The lowest BCUT2D eigenvalue weighted by atomic mass is 10.1. The van der Waals surface area contributed by atoms with Crippen molar-refractivity contribution in [2.45, 2.75) is 26.9 Å². The summed E-state index contributed by atoms with van der Waals surface area (Å²) < 4.78 is 5.60. The molecule has 0 aliphatic rings. The van der Waals surface area contributed by atoms with E-state index in [1.54, 1.807) is 38.1 Å². The number of nitro groups is 1. The van der Waals surface area contributed by atoms with Gasteiger partial charge in [-0.15, -0.1) is 0 Å². The minimum atomic E-state index is -0.774. The first-order chi connectivity index (χ1) is 11.3. The number of nitrogens with one attached hydrogen (secondary N) is 1. The van der Waals surface area contributed by atoms with Gasteiger partial charge in [0.25, 0.3) is 11.6 Å². The summed E-state index contributed by atoms with van der Waals surface area (Å²) in [5, 5.41) is 14.1. The van der Waals surface area contributed by atoms with Gasteiger partial charge in [-0.1, -0.05) is 17.7 Å². The largest absolute Gasteiger partial charge is 0.481 e. The molecule has 0 aromatic heterocycles. The number of carbonyl (C=O) groups is 1. The van der Waals surface area contributed by atoms with Gasteiger partial charge in [0.2, 0.25) is 0 Å². The highest BCUT2D eigenvalue weighted by molar-refractivity contribution is 6.31. The van der Waals surface area contributed by atoms with E-state index in [2.05, 4.69) is 5.32 Å². The lowest BCUT2D eigenvalue weighted by molar-refractivity contribution is -0.384. The molecule has 7 heteroatoms. The van der Waals surface area contributed by atoms with E-state index in [1.807, 2.05) is 6.92 Å². The Balaban J connectivity index is 2.10. The summed E-state index contributed by atoms with van der Waals surface area (Å²) in [5.41, 5.74) is 1.87. The molecule has 0 heterocycles. The average molecular weight is 349 g/mol. The smallest absolute Gasteiger partial charge is 0.271 e. The first-order valence-corrected chi connectivity index (χ1v) is 7.64. The molecule has 0 radical (unpaired) electrons. The van der Waals surface area contributed by atoms with Gasteiger partial charge in [0, 0.05) is 17.2 Å². The van der Waals surface area contributed by atoms with Crippen LogP contribution in [0, 0.1) is 24.0 Å². The lowest BCUT2D eigenvalue weighted by Crippen LogP contribution is -2.30. The van der Waals surface area contributed by atoms with E-state index in [0.717, 1.165) is 11.1 Å². The highest BCUT2D eigenvalue weighted by Crippen LogP contribution is 2.24. The molecular formula is C17H17ClN2O4. The van der Waals surface area contributed by atoms with Crippen LogP contribution >= 0.6 is 11.6 Å². The standard InChI is InChI=1S/C17H17ClN2O4/c1-10-4-5-13(20(22)23)9-16(10)19-17(21)12(3)24-14-6-7-15(18)11(2)8-14/h4-9,12H,1-3H3,(H,19,21)/t12-/m0/s1. The molecule has 6 nitrogen and oxygen atoms in total. The Labute approximate surface area is 144 Å². The van der Waals surface area contributed by atoms with Gasteiger partial charge in [-0.3, -0.25) is 14.9 Å². The van der Waals surface area contributed by atoms with Crippen LogP contribution in [0.4, 0.5) is 11.4 Å². The fourth-order valence-electron chi connectivity index (χ4n) is 2.04. The number of halogens is 1. The maximum Gasteiger partial charge on any atom is 0.271 e. The van der Waals surface area contributed by atoms with E-state index in [1.165, 1.54) is 12.1 Å². The van der Waals surface area contributed by atoms with E-state index in [-0.39, 0.29) is 5.69 Å². The van der Waals surface area contributed by atoms with Crippen molar-refractivity contribution in [1.82, 2.24) is 0 Å². The highest BCUT2D eigenvalue weighted by Gasteiger charge is 2.17. The van der Waals surface area contributed by atoms with Crippen LogP contribution in [0.1, 0.15) is 18.1 Å². The van der Waals surface area contributed by atoms with Gasteiger partial charge < -0.3 is 10.1 Å². The van der Waals surface area contributed by atoms with Crippen LogP contribution in [0.5, 0.6) is 5.75 Å². The zero-order valence-electron chi connectivity index (χ0n) is 13.5. The predicted molar refractivity (Wildman–Crippen MR) is 92.7 cm³/mol. The summed E-state index contributed by atoms with van der Waals surface area (Å²) in [4.78, 5) is 22.6. The molecule has 0 spiro atoms. The summed E-state index contributed by atoms with van der Waals surface area (Å²) in [6.45, 7) is 5.20. The Morgan fingerprint density at radius 1 is 1.21 bits per heavy atom. The molecule has 2 rings (SSSR count). The number of aryl methyl sites for hydroxylation is 2. The number of non-ortho nitro benzene ring substituents is 1. The second-order valence-electron chi connectivity index (χ2n) is 5.42. The molecular weight excluding hydrogens is 332 g/mol. The second kappa shape index (κ2) is 7.31. The van der Waals surface area contributed by atoms with Crippen LogP contribution < -0.4 is 10.1 Å². The third-order valence-electron chi connectivity index (χ3n) is 3.50. The summed E-state index contributed by atoms with van der Waals surface area (Å²) in [5.74, 6) is 0.126. The summed E-state index contributed by atoms with van der Waals surface area (Å²) in [6, 6.07) is 9.42. The molecule has 0 fully saturated rings. The zero-order chi connectivity index (χ0) is 17.9. The third-order valence-corrected chi connectivity index (χ3v) is 3.93. The van der Waals surface area contributed by atoms with Crippen molar-refractivity contribution in [3.8, 4) is 5.75 Å². The SMILES string of the molecule is Cc1cc(O[C@@H](C)C(=O)Nc2cc([N+](=O)[O-])ccc2C)ccc1Cl. The lowest BCUT2D eigenvalue weighted by Gasteiger charge is -2.16. The van der Waals surface area contributed by atoms with Crippen molar-refractivity contribution in [3.05, 3.63) is 62.7 Å². The number of anilines is 1. The Hall–Kier alpha value is -2.60. The zero-order valence-corrected chi connectivity index (χ0v) is 14.3. The van der Waals surface area contributed by atoms with Crippen molar-refractivity contribution in [1.29, 1.82) is 0 Å². The fraction of sp³-hybridized carbons (Fsp3) is 0.235. The molecule has 1 atom stereocenters. The van der Waals surface area contributed by atoms with Gasteiger partial charge >= 0.3 is 0 Å². The number of ether oxygens (including phenoxy) is 1. The molecule has 2 aromatic carbocycles. The van der Waals surface area contributed by atoms with Gasteiger partial charge in [0.05, 0.1) is 10.6 Å². The number of hydrogen-bond donors (Lipinski definition) is 1. The minimum Gasteiger partial charge on any atom is -0.481 e. The number of amides is 1. The molecule has 0 aliphatic carbocycles. The summed E-state index contributed by atoms with van der Waals surface area (Å²) in [7, 11) is 0. The van der Waals surface area contributed by atoms with E-state index >= 15 is 0 Å². The Bertz CT molecular complexity index is 792. The second-order valence-corrected chi connectivity index (χ2v) is 5.82. The van der Waals surface area contributed by atoms with E-state index in [0.29, 0.717) is 16.5 Å². The highest BCUT2D eigenvalue weighted by atomic mass is 35.5. The third kappa shape index (κ3) is 4.23. The number of nitro benzene ring substituents is 1. The normalized spacial score (nSPS) is 11.7. The molecule has 0 aliphatic heterocycles. The van der Waals surface area contributed by atoms with Gasteiger partial charge in [-0.2, -0.15) is 0 Å². The number of carbonyl (C=O) groups excluding carboxylic acids is 1. The van der Waals surface area contributed by atoms with Crippen molar-refractivity contribution in [2.75, 3.05) is 5.32 Å². The van der Waals surface area contributed by atoms with Gasteiger partial charge in [0.1, 0.15) is 5.75 Å². The van der Waals surface area contributed by atoms with Crippen molar-refractivity contribution < 1.29 is 14.5 Å². The number of benzene rings is 2. The molecule has 0 bridgehead atoms. The molecule has 24 heavy (non-hydrogen) atoms. The van der Waals surface area contributed by atoms with Gasteiger partial charge in [-0.05, 0) is 50.1 Å². The molecule has 0 saturated carbocycles. The van der Waals surface area contributed by atoms with Crippen LogP contribution in [-0.2, 0) is 4.79 Å². The fourth-order valence-corrected chi connectivity index (χ4v) is 2.16. The molecule has 2 aromatic rings. The first kappa shape index (κ1) is 17.7. The van der Waals surface area contributed by atoms with Gasteiger partial charge in [-0.25, -0.2) is 0 Å². The quantitative estimate of drug-likeness (QED) is 0.646. The van der Waals surface area contributed by atoms with E-state index in [4.69, 9.17) is 16.3 Å². The Morgan fingerprint density at radius 2 is 1.92 bits per heavy atom. The topological polar surface area (TPSA) is 81.5 Å². The number of rotatable bonds is 5. The monoisotopic (exact) mass is 348 g/mol. The Morgan fingerprint density at radius 3 is 2.54 bits per heavy atom. The maximum absolute atomic E-state index is 12.3. The summed E-state index contributed by atoms with van der Waals surface area (Å²) >= 11 is 5.95. The van der Waals surface area contributed by atoms with Crippen molar-refractivity contribution in [2.24, 2.45) is 0 Å². The van der Waals surface area contributed by atoms with Crippen LogP contribution in [0.2, 0.25) is 5.02 Å². The van der Waals surface area contributed by atoms with Crippen LogP contribution in [0.3, 0.4) is 0 Å². The first-order valence-electron chi connectivity index (χ1n) is 7.26. The molecule has 0 saturated heterocycles. The van der Waals surface area contributed by atoms with E-state index < -0.39 is 16.9 Å². The molecule has 1 N–H and O–H groups in total. The molecule has 1 amide bonds.